The Labute approximate surface area is 115 Å². The number of ether oxygens (including phenoxy) is 2. The van der Waals surface area contributed by atoms with Crippen LogP contribution in [0, 0.1) is 0 Å². The lowest BCUT2D eigenvalue weighted by atomic mass is 10.4. The van der Waals surface area contributed by atoms with Gasteiger partial charge in [-0.2, -0.15) is 0 Å². The molecule has 0 saturated carbocycles. The summed E-state index contributed by atoms with van der Waals surface area (Å²) in [4.78, 5) is 0. The molecule has 1 unspecified atom stereocenters. The summed E-state index contributed by atoms with van der Waals surface area (Å²) in [6.45, 7) is 8.33. The smallest absolute Gasteiger partial charge is 0.289 e. The van der Waals surface area contributed by atoms with Crippen molar-refractivity contribution in [2.24, 2.45) is 0 Å². The van der Waals surface area contributed by atoms with Crippen LogP contribution in [0.2, 0.25) is 0 Å². The highest BCUT2D eigenvalue weighted by molar-refractivity contribution is 7.68. The van der Waals surface area contributed by atoms with Crippen LogP contribution in [0.25, 0.3) is 0 Å². The minimum Gasteiger partial charge on any atom is -0.342 e. The van der Waals surface area contributed by atoms with Crippen molar-refractivity contribution < 1.29 is 18.6 Å². The molecule has 1 atom stereocenters. The zero-order chi connectivity index (χ0) is 14.4. The van der Waals surface area contributed by atoms with Crippen LogP contribution in [0.1, 0.15) is 27.7 Å². The summed E-state index contributed by atoms with van der Waals surface area (Å²) < 4.78 is 30.2. The number of hydrogen-bond acceptors (Lipinski definition) is 4. The molecule has 1 aromatic rings. The normalized spacial score (nSPS) is 15.2. The minimum absolute atomic E-state index is 0.335. The van der Waals surface area contributed by atoms with Crippen LogP contribution in [-0.4, -0.2) is 25.3 Å². The van der Waals surface area contributed by atoms with E-state index in [1.165, 1.54) is 0 Å². The van der Waals surface area contributed by atoms with Crippen LogP contribution in [-0.2, 0) is 18.6 Å². The van der Waals surface area contributed by atoms with E-state index >= 15 is 0 Å². The second kappa shape index (κ2) is 7.20. The van der Waals surface area contributed by atoms with Gasteiger partial charge in [0.05, 0.1) is 6.61 Å². The van der Waals surface area contributed by atoms with E-state index in [1.54, 1.807) is 19.1 Å². The first-order chi connectivity index (χ1) is 9.04. The van der Waals surface area contributed by atoms with E-state index in [2.05, 4.69) is 0 Å². The van der Waals surface area contributed by atoms with E-state index in [0.717, 1.165) is 0 Å². The molecule has 0 spiro atoms. The minimum atomic E-state index is -3.27. The third-order valence-corrected chi connectivity index (χ3v) is 5.69. The van der Waals surface area contributed by atoms with E-state index in [4.69, 9.17) is 14.0 Å². The molecule has 0 amide bonds. The molecule has 1 aromatic carbocycles. The predicted octanol–water partition coefficient (Wildman–Crippen LogP) is 3.37. The van der Waals surface area contributed by atoms with Crippen molar-refractivity contribution in [2.45, 2.75) is 33.2 Å². The summed E-state index contributed by atoms with van der Waals surface area (Å²) in [6.07, 6.45) is 0. The maximum atomic E-state index is 13.3. The Kier molecular flexibility index (Phi) is 6.21. The molecule has 0 bridgehead atoms. The third kappa shape index (κ3) is 3.46. The van der Waals surface area contributed by atoms with Crippen molar-refractivity contribution in [3.63, 3.8) is 0 Å². The molecular weight excluding hydrogens is 263 g/mol. The zero-order valence-electron chi connectivity index (χ0n) is 12.1. The second-order valence-electron chi connectivity index (χ2n) is 4.07. The maximum absolute atomic E-state index is 13.3. The lowest BCUT2D eigenvalue weighted by Crippen LogP contribution is -2.37. The quantitative estimate of drug-likeness (QED) is 0.543. The van der Waals surface area contributed by atoms with E-state index in [9.17, 15) is 4.57 Å². The highest BCUT2D eigenvalue weighted by Crippen LogP contribution is 2.59. The Hall–Kier alpha value is -0.670. The molecule has 0 aliphatic rings. The van der Waals surface area contributed by atoms with Crippen molar-refractivity contribution in [3.05, 3.63) is 30.3 Å². The van der Waals surface area contributed by atoms with Crippen molar-refractivity contribution >= 4 is 12.7 Å². The van der Waals surface area contributed by atoms with Crippen LogP contribution in [0.3, 0.4) is 0 Å². The van der Waals surface area contributed by atoms with E-state index in [1.807, 2.05) is 39.0 Å². The van der Waals surface area contributed by atoms with Gasteiger partial charge in [-0.3, -0.25) is 4.57 Å². The Balaban J connectivity index is 3.27. The number of benzene rings is 1. The summed E-state index contributed by atoms with van der Waals surface area (Å²) in [7, 11) is -3.27. The van der Waals surface area contributed by atoms with Gasteiger partial charge in [0.2, 0.25) is 5.53 Å². The molecule has 0 N–H and O–H groups in total. The van der Waals surface area contributed by atoms with E-state index < -0.39 is 12.9 Å². The molecule has 4 nitrogen and oxygen atoms in total. The standard InChI is InChI=1S/C14H23O4P/c1-5-16-14(4,17-6-2)19(15,18-7-3)13-11-9-8-10-12-13/h8-12H,5-7H2,1-4H3. The second-order valence-corrected chi connectivity index (χ2v) is 6.76. The fourth-order valence-electron chi connectivity index (χ4n) is 1.98. The van der Waals surface area contributed by atoms with Gasteiger partial charge in [0, 0.05) is 25.4 Å². The fourth-order valence-corrected chi connectivity index (χ4v) is 4.36. The molecule has 0 aliphatic heterocycles. The fraction of sp³-hybridized carbons (Fsp3) is 0.571. The third-order valence-electron chi connectivity index (χ3n) is 2.77. The van der Waals surface area contributed by atoms with Gasteiger partial charge in [-0.25, -0.2) is 0 Å². The molecule has 0 heterocycles. The molecule has 0 saturated heterocycles. The SMILES string of the molecule is CCOC(C)(OCC)P(=O)(OCC)c1ccccc1. The average Bonchev–Trinajstić information content (AvgIpc) is 2.40. The van der Waals surface area contributed by atoms with Crippen molar-refractivity contribution in [1.82, 2.24) is 0 Å². The molecule has 108 valence electrons. The largest absolute Gasteiger partial charge is 0.342 e. The molecule has 0 radical (unpaired) electrons. The van der Waals surface area contributed by atoms with Crippen LogP contribution in [0.5, 0.6) is 0 Å². The maximum Gasteiger partial charge on any atom is 0.289 e. The first-order valence-electron chi connectivity index (χ1n) is 6.62. The van der Waals surface area contributed by atoms with Crippen molar-refractivity contribution in [3.8, 4) is 0 Å². The lowest BCUT2D eigenvalue weighted by Gasteiger charge is -2.36. The Morgan fingerprint density at radius 3 is 1.95 bits per heavy atom. The van der Waals surface area contributed by atoms with E-state index in [-0.39, 0.29) is 0 Å². The summed E-state index contributed by atoms with van der Waals surface area (Å²) in [6, 6.07) is 9.11. The van der Waals surface area contributed by atoms with Gasteiger partial charge in [0.1, 0.15) is 0 Å². The lowest BCUT2D eigenvalue weighted by molar-refractivity contribution is -0.166. The molecule has 19 heavy (non-hydrogen) atoms. The number of rotatable bonds is 8. The predicted molar refractivity (Wildman–Crippen MR) is 77.0 cm³/mol. The molecule has 0 aromatic heterocycles. The van der Waals surface area contributed by atoms with Gasteiger partial charge in [-0.15, -0.1) is 0 Å². The zero-order valence-corrected chi connectivity index (χ0v) is 13.0. The van der Waals surface area contributed by atoms with Gasteiger partial charge < -0.3 is 14.0 Å². The van der Waals surface area contributed by atoms with Crippen LogP contribution >= 0.6 is 7.37 Å². The number of hydrogen-bond donors (Lipinski definition) is 0. The first kappa shape index (κ1) is 16.4. The van der Waals surface area contributed by atoms with Gasteiger partial charge in [0.15, 0.2) is 0 Å². The summed E-state index contributed by atoms with van der Waals surface area (Å²) in [5, 5.41) is 0.612. The van der Waals surface area contributed by atoms with Gasteiger partial charge in [-0.05, 0) is 32.9 Å². The Morgan fingerprint density at radius 1 is 1.00 bits per heavy atom. The van der Waals surface area contributed by atoms with Crippen LogP contribution < -0.4 is 5.30 Å². The highest BCUT2D eigenvalue weighted by atomic mass is 31.2. The molecule has 0 fully saturated rings. The average molecular weight is 286 g/mol. The van der Waals surface area contributed by atoms with E-state index in [0.29, 0.717) is 25.1 Å². The summed E-state index contributed by atoms with van der Waals surface area (Å²) in [5.41, 5.74) is -1.26. The van der Waals surface area contributed by atoms with Crippen LogP contribution in [0.4, 0.5) is 0 Å². The monoisotopic (exact) mass is 286 g/mol. The van der Waals surface area contributed by atoms with Gasteiger partial charge in [0.25, 0.3) is 7.37 Å². The van der Waals surface area contributed by atoms with Crippen molar-refractivity contribution in [2.75, 3.05) is 19.8 Å². The molecule has 5 heteroatoms. The Bertz CT molecular complexity index is 413. The van der Waals surface area contributed by atoms with Crippen LogP contribution in [0.15, 0.2) is 30.3 Å². The molecule has 1 rings (SSSR count). The topological polar surface area (TPSA) is 44.8 Å². The van der Waals surface area contributed by atoms with Gasteiger partial charge >= 0.3 is 0 Å². The summed E-state index contributed by atoms with van der Waals surface area (Å²) >= 11 is 0. The Morgan fingerprint density at radius 2 is 1.53 bits per heavy atom. The molecular formula is C14H23O4P. The molecule has 0 aliphatic carbocycles. The first-order valence-corrected chi connectivity index (χ1v) is 8.24. The summed E-state index contributed by atoms with van der Waals surface area (Å²) in [5.74, 6) is 0. The van der Waals surface area contributed by atoms with Crippen molar-refractivity contribution in [1.29, 1.82) is 0 Å². The van der Waals surface area contributed by atoms with Gasteiger partial charge in [-0.1, -0.05) is 18.2 Å². The highest BCUT2D eigenvalue weighted by Gasteiger charge is 2.49.